The van der Waals surface area contributed by atoms with E-state index in [2.05, 4.69) is 10.2 Å². The van der Waals surface area contributed by atoms with Crippen LogP contribution in [0, 0.1) is 5.92 Å². The number of hydrogen-bond donors (Lipinski definition) is 1. The lowest BCUT2D eigenvalue weighted by molar-refractivity contribution is 0.0762. The fourth-order valence-electron chi connectivity index (χ4n) is 1.97. The molecule has 86 valence electrons. The van der Waals surface area contributed by atoms with Crippen molar-refractivity contribution >= 4 is 5.91 Å². The Morgan fingerprint density at radius 3 is 3.00 bits per heavy atom. The van der Waals surface area contributed by atoms with E-state index in [9.17, 15) is 9.90 Å². The molecule has 2 heterocycles. The van der Waals surface area contributed by atoms with Crippen molar-refractivity contribution in [2.24, 2.45) is 5.92 Å². The quantitative estimate of drug-likeness (QED) is 0.781. The lowest BCUT2D eigenvalue weighted by atomic mass is 10.0. The molecule has 1 fully saturated rings. The Morgan fingerprint density at radius 1 is 1.62 bits per heavy atom. The van der Waals surface area contributed by atoms with E-state index in [1.807, 2.05) is 0 Å². The van der Waals surface area contributed by atoms with Crippen molar-refractivity contribution in [1.29, 1.82) is 0 Å². The van der Waals surface area contributed by atoms with Crippen molar-refractivity contribution in [1.82, 2.24) is 15.1 Å². The molecule has 1 aliphatic rings. The van der Waals surface area contributed by atoms with Crippen LogP contribution >= 0.6 is 0 Å². The Balaban J connectivity index is 2.03. The third-order valence-corrected chi connectivity index (χ3v) is 3.03. The molecule has 0 aliphatic carbocycles. The van der Waals surface area contributed by atoms with Crippen molar-refractivity contribution in [2.45, 2.75) is 19.4 Å². The summed E-state index contributed by atoms with van der Waals surface area (Å²) in [5.41, 5.74) is 0.557. The second kappa shape index (κ2) is 4.57. The van der Waals surface area contributed by atoms with Gasteiger partial charge < -0.3 is 10.0 Å². The van der Waals surface area contributed by atoms with Gasteiger partial charge in [-0.2, -0.15) is 10.2 Å². The predicted octanol–water partition coefficient (Wildman–Crippen LogP) is 0.320. The highest BCUT2D eigenvalue weighted by Gasteiger charge is 2.29. The van der Waals surface area contributed by atoms with Gasteiger partial charge in [0.05, 0.1) is 24.1 Å². The van der Waals surface area contributed by atoms with Gasteiger partial charge in [0.15, 0.2) is 0 Å². The standard InChI is InChI=1S/C11H15N3O2/c1-8(15)10-3-5-14(7-10)11(16)9-2-4-12-13-6-9/h2,4,6,8,10,15H,3,5,7H2,1H3. The molecule has 5 nitrogen and oxygen atoms in total. The van der Waals surface area contributed by atoms with Crippen LogP contribution in [0.3, 0.4) is 0 Å². The summed E-state index contributed by atoms with van der Waals surface area (Å²) in [7, 11) is 0. The molecule has 0 spiro atoms. The first-order chi connectivity index (χ1) is 7.68. The van der Waals surface area contributed by atoms with Crippen LogP contribution in [0.15, 0.2) is 18.5 Å². The van der Waals surface area contributed by atoms with Gasteiger partial charge in [-0.15, -0.1) is 0 Å². The van der Waals surface area contributed by atoms with Crippen molar-refractivity contribution < 1.29 is 9.90 Å². The number of aliphatic hydroxyl groups excluding tert-OH is 1. The Bertz CT molecular complexity index is 367. The fraction of sp³-hybridized carbons (Fsp3) is 0.545. The Kier molecular flexibility index (Phi) is 3.14. The molecule has 1 aliphatic heterocycles. The van der Waals surface area contributed by atoms with E-state index < -0.39 is 0 Å². The molecule has 1 aromatic rings. The van der Waals surface area contributed by atoms with Gasteiger partial charge in [-0.25, -0.2) is 0 Å². The van der Waals surface area contributed by atoms with E-state index in [1.165, 1.54) is 12.4 Å². The predicted molar refractivity (Wildman–Crippen MR) is 57.7 cm³/mol. The summed E-state index contributed by atoms with van der Waals surface area (Å²) in [6, 6.07) is 1.66. The molecule has 16 heavy (non-hydrogen) atoms. The molecule has 5 heteroatoms. The summed E-state index contributed by atoms with van der Waals surface area (Å²) in [5.74, 6) is 0.164. The maximum absolute atomic E-state index is 12.0. The zero-order valence-electron chi connectivity index (χ0n) is 9.21. The zero-order valence-corrected chi connectivity index (χ0v) is 9.21. The molecular formula is C11H15N3O2. The van der Waals surface area contributed by atoms with Crippen molar-refractivity contribution in [2.75, 3.05) is 13.1 Å². The Morgan fingerprint density at radius 2 is 2.44 bits per heavy atom. The van der Waals surface area contributed by atoms with E-state index in [4.69, 9.17) is 0 Å². The number of aliphatic hydroxyl groups is 1. The van der Waals surface area contributed by atoms with Gasteiger partial charge in [-0.1, -0.05) is 0 Å². The van der Waals surface area contributed by atoms with E-state index in [0.29, 0.717) is 18.7 Å². The fourth-order valence-corrected chi connectivity index (χ4v) is 1.97. The number of hydrogen-bond acceptors (Lipinski definition) is 4. The number of nitrogens with zero attached hydrogens (tertiary/aromatic N) is 3. The Hall–Kier alpha value is -1.49. The first-order valence-electron chi connectivity index (χ1n) is 5.42. The van der Waals surface area contributed by atoms with Gasteiger partial charge in [0.2, 0.25) is 0 Å². The molecule has 2 atom stereocenters. The van der Waals surface area contributed by atoms with Gasteiger partial charge in [-0.05, 0) is 19.4 Å². The smallest absolute Gasteiger partial charge is 0.255 e. The first-order valence-corrected chi connectivity index (χ1v) is 5.42. The minimum absolute atomic E-state index is 0.0296. The summed E-state index contributed by atoms with van der Waals surface area (Å²) in [6.07, 6.45) is 3.49. The zero-order chi connectivity index (χ0) is 11.5. The van der Waals surface area contributed by atoms with Crippen LogP contribution < -0.4 is 0 Å². The van der Waals surface area contributed by atoms with Crippen molar-refractivity contribution in [3.05, 3.63) is 24.0 Å². The van der Waals surface area contributed by atoms with E-state index in [1.54, 1.807) is 17.9 Å². The summed E-state index contributed by atoms with van der Waals surface area (Å²) >= 11 is 0. The number of amides is 1. The molecule has 0 radical (unpaired) electrons. The van der Waals surface area contributed by atoms with E-state index >= 15 is 0 Å². The van der Waals surface area contributed by atoms with Crippen LogP contribution in [-0.2, 0) is 0 Å². The maximum Gasteiger partial charge on any atom is 0.255 e. The monoisotopic (exact) mass is 221 g/mol. The normalized spacial score (nSPS) is 22.1. The second-order valence-corrected chi connectivity index (χ2v) is 4.17. The largest absolute Gasteiger partial charge is 0.393 e. The van der Waals surface area contributed by atoms with E-state index in [0.717, 1.165) is 6.42 Å². The molecular weight excluding hydrogens is 206 g/mol. The second-order valence-electron chi connectivity index (χ2n) is 4.17. The summed E-state index contributed by atoms with van der Waals surface area (Å²) in [5, 5.41) is 16.8. The van der Waals surface area contributed by atoms with Crippen LogP contribution in [-0.4, -0.2) is 45.3 Å². The van der Waals surface area contributed by atoms with Crippen LogP contribution in [0.1, 0.15) is 23.7 Å². The van der Waals surface area contributed by atoms with Gasteiger partial charge in [0, 0.05) is 19.0 Å². The lowest BCUT2D eigenvalue weighted by Crippen LogP contribution is -2.30. The van der Waals surface area contributed by atoms with Crippen LogP contribution in [0.5, 0.6) is 0 Å². The molecule has 1 amide bonds. The maximum atomic E-state index is 12.0. The topological polar surface area (TPSA) is 66.3 Å². The molecule has 1 N–H and O–H groups in total. The average molecular weight is 221 g/mol. The number of carbonyl (C=O) groups is 1. The third-order valence-electron chi connectivity index (χ3n) is 3.03. The van der Waals surface area contributed by atoms with Crippen molar-refractivity contribution in [3.63, 3.8) is 0 Å². The number of aromatic nitrogens is 2. The van der Waals surface area contributed by atoms with Gasteiger partial charge in [-0.3, -0.25) is 4.79 Å². The van der Waals surface area contributed by atoms with Crippen molar-refractivity contribution in [3.8, 4) is 0 Å². The van der Waals surface area contributed by atoms with Gasteiger partial charge in [0.1, 0.15) is 0 Å². The highest BCUT2D eigenvalue weighted by molar-refractivity contribution is 5.93. The number of rotatable bonds is 2. The molecule has 0 aromatic carbocycles. The first kappa shape index (κ1) is 11.0. The minimum atomic E-state index is -0.353. The highest BCUT2D eigenvalue weighted by Crippen LogP contribution is 2.21. The molecule has 1 aromatic heterocycles. The Labute approximate surface area is 94.1 Å². The molecule has 1 saturated heterocycles. The third kappa shape index (κ3) is 2.19. The summed E-state index contributed by atoms with van der Waals surface area (Å²) in [4.78, 5) is 13.7. The molecule has 2 unspecified atom stereocenters. The average Bonchev–Trinajstić information content (AvgIpc) is 2.78. The highest BCUT2D eigenvalue weighted by atomic mass is 16.3. The van der Waals surface area contributed by atoms with Gasteiger partial charge in [0.25, 0.3) is 5.91 Å². The SMILES string of the molecule is CC(O)C1CCN(C(=O)c2ccnnc2)C1. The number of carbonyl (C=O) groups excluding carboxylic acids is 1. The van der Waals surface area contributed by atoms with Crippen LogP contribution in [0.4, 0.5) is 0 Å². The van der Waals surface area contributed by atoms with Crippen LogP contribution in [0.25, 0.3) is 0 Å². The molecule has 2 rings (SSSR count). The van der Waals surface area contributed by atoms with Crippen LogP contribution in [0.2, 0.25) is 0 Å². The summed E-state index contributed by atoms with van der Waals surface area (Å²) < 4.78 is 0. The number of likely N-dealkylation sites (tertiary alicyclic amines) is 1. The summed E-state index contributed by atoms with van der Waals surface area (Å²) in [6.45, 7) is 3.10. The molecule has 0 saturated carbocycles. The van der Waals surface area contributed by atoms with Gasteiger partial charge >= 0.3 is 0 Å². The minimum Gasteiger partial charge on any atom is -0.393 e. The van der Waals surface area contributed by atoms with E-state index in [-0.39, 0.29) is 17.9 Å². The lowest BCUT2D eigenvalue weighted by Gasteiger charge is -2.17. The molecule has 0 bridgehead atoms.